The predicted molar refractivity (Wildman–Crippen MR) is 69.2 cm³/mol. The molecule has 0 radical (unpaired) electrons. The van der Waals surface area contributed by atoms with Crippen molar-refractivity contribution in [1.29, 1.82) is 10.5 Å². The van der Waals surface area contributed by atoms with Crippen LogP contribution in [0.15, 0.2) is 34.5 Å². The van der Waals surface area contributed by atoms with E-state index in [1.165, 1.54) is 12.8 Å². The lowest BCUT2D eigenvalue weighted by Crippen LogP contribution is -1.93. The summed E-state index contributed by atoms with van der Waals surface area (Å²) in [5.41, 5.74) is 1.87. The van der Waals surface area contributed by atoms with Crippen LogP contribution in [0.4, 0.5) is 5.69 Å². The summed E-state index contributed by atoms with van der Waals surface area (Å²) in [4.78, 5) is 0. The highest BCUT2D eigenvalue weighted by molar-refractivity contribution is 5.45. The van der Waals surface area contributed by atoms with Crippen molar-refractivity contribution in [2.75, 3.05) is 0 Å². The van der Waals surface area contributed by atoms with Crippen molar-refractivity contribution < 1.29 is 0 Å². The van der Waals surface area contributed by atoms with Crippen molar-refractivity contribution >= 4 is 5.69 Å². The number of hydrogen-bond donors (Lipinski definition) is 0. The summed E-state index contributed by atoms with van der Waals surface area (Å²) in [6.45, 7) is 2.16. The minimum atomic E-state index is -1.02. The van der Waals surface area contributed by atoms with E-state index in [0.717, 1.165) is 24.1 Å². The van der Waals surface area contributed by atoms with Crippen LogP contribution in [0.25, 0.3) is 0 Å². The fraction of sp³-hybridized carbons (Fsp3) is 0.429. The summed E-state index contributed by atoms with van der Waals surface area (Å²) in [5.74, 6) is 0. The Balaban J connectivity index is 2.76. The first-order valence-electron chi connectivity index (χ1n) is 6.09. The molecule has 0 atom stereocenters. The van der Waals surface area contributed by atoms with Gasteiger partial charge in [-0.05, 0) is 24.5 Å². The molecule has 0 bridgehead atoms. The largest absolute Gasteiger partial charge is 0.242 e. The summed E-state index contributed by atoms with van der Waals surface area (Å²) in [6.07, 6.45) is 4.43. The maximum atomic E-state index is 8.62. The molecule has 0 heterocycles. The first-order valence-corrected chi connectivity index (χ1v) is 6.09. The SMILES string of the molecule is CCCCCc1ccccc1N=NC(C#N)C#N. The molecule has 0 spiro atoms. The van der Waals surface area contributed by atoms with Crippen LogP contribution >= 0.6 is 0 Å². The van der Waals surface area contributed by atoms with E-state index >= 15 is 0 Å². The van der Waals surface area contributed by atoms with Gasteiger partial charge in [-0.25, -0.2) is 0 Å². The Kier molecular flexibility index (Phi) is 6.14. The van der Waals surface area contributed by atoms with Crippen LogP contribution < -0.4 is 0 Å². The summed E-state index contributed by atoms with van der Waals surface area (Å²) in [5, 5.41) is 25.0. The molecule has 0 saturated heterocycles. The number of benzene rings is 1. The van der Waals surface area contributed by atoms with Gasteiger partial charge in [0.25, 0.3) is 0 Å². The molecule has 1 aromatic carbocycles. The van der Waals surface area contributed by atoms with E-state index in [0.29, 0.717) is 0 Å². The average Bonchev–Trinajstić information content (AvgIpc) is 2.41. The van der Waals surface area contributed by atoms with Gasteiger partial charge in [0, 0.05) is 0 Å². The first kappa shape index (κ1) is 13.9. The highest BCUT2D eigenvalue weighted by Crippen LogP contribution is 2.21. The number of aryl methyl sites for hydroxylation is 1. The summed E-state index contributed by atoms with van der Waals surface area (Å²) < 4.78 is 0. The molecule has 0 aliphatic heterocycles. The van der Waals surface area contributed by atoms with Crippen molar-refractivity contribution in [3.63, 3.8) is 0 Å². The third-order valence-electron chi connectivity index (χ3n) is 2.57. The Morgan fingerprint density at radius 1 is 1.17 bits per heavy atom. The maximum absolute atomic E-state index is 8.62. The van der Waals surface area contributed by atoms with E-state index in [-0.39, 0.29) is 0 Å². The van der Waals surface area contributed by atoms with E-state index in [2.05, 4.69) is 17.2 Å². The van der Waals surface area contributed by atoms with Gasteiger partial charge in [0.05, 0.1) is 5.69 Å². The molecule has 0 amide bonds. The topological polar surface area (TPSA) is 72.3 Å². The van der Waals surface area contributed by atoms with Gasteiger partial charge >= 0.3 is 0 Å². The molecular formula is C14H16N4. The van der Waals surface area contributed by atoms with E-state index in [9.17, 15) is 0 Å². The molecule has 0 saturated carbocycles. The molecule has 0 aliphatic rings. The zero-order chi connectivity index (χ0) is 13.2. The number of azo groups is 1. The monoisotopic (exact) mass is 240 g/mol. The Morgan fingerprint density at radius 3 is 2.56 bits per heavy atom. The van der Waals surface area contributed by atoms with Crippen LogP contribution in [0, 0.1) is 22.7 Å². The normalized spacial score (nSPS) is 10.4. The number of rotatable bonds is 6. The van der Waals surface area contributed by atoms with E-state index in [1.807, 2.05) is 24.3 Å². The van der Waals surface area contributed by atoms with Gasteiger partial charge in [0.15, 0.2) is 0 Å². The standard InChI is InChI=1S/C14H16N4/c1-2-3-4-7-12-8-5-6-9-14(12)18-17-13(10-15)11-16/h5-6,8-9,13H,2-4,7H2,1H3. The quantitative estimate of drug-likeness (QED) is 0.558. The molecule has 0 N–H and O–H groups in total. The number of nitriles is 2. The van der Waals surface area contributed by atoms with Crippen LogP contribution in [0.1, 0.15) is 31.7 Å². The second-order valence-corrected chi connectivity index (χ2v) is 3.96. The highest BCUT2D eigenvalue weighted by atomic mass is 15.1. The van der Waals surface area contributed by atoms with Crippen molar-refractivity contribution in [2.45, 2.75) is 38.6 Å². The third-order valence-corrected chi connectivity index (χ3v) is 2.57. The average molecular weight is 240 g/mol. The zero-order valence-electron chi connectivity index (χ0n) is 10.5. The van der Waals surface area contributed by atoms with E-state index in [4.69, 9.17) is 10.5 Å². The minimum Gasteiger partial charge on any atom is -0.195 e. The van der Waals surface area contributed by atoms with Gasteiger partial charge in [-0.2, -0.15) is 20.8 Å². The van der Waals surface area contributed by atoms with Crippen LogP contribution in [-0.2, 0) is 6.42 Å². The van der Waals surface area contributed by atoms with Gasteiger partial charge in [0.1, 0.15) is 12.1 Å². The Morgan fingerprint density at radius 2 is 1.89 bits per heavy atom. The molecule has 0 aliphatic carbocycles. The molecule has 0 aromatic heterocycles. The van der Waals surface area contributed by atoms with Gasteiger partial charge in [-0.3, -0.25) is 0 Å². The number of hydrogen-bond acceptors (Lipinski definition) is 4. The molecule has 4 nitrogen and oxygen atoms in total. The smallest absolute Gasteiger partial charge is 0.195 e. The predicted octanol–water partition coefficient (Wildman–Crippen LogP) is 3.92. The molecule has 0 fully saturated rings. The summed E-state index contributed by atoms with van der Waals surface area (Å²) in [6, 6.07) is 10.2. The molecule has 1 aromatic rings. The van der Waals surface area contributed by atoms with Crippen LogP contribution in [0.5, 0.6) is 0 Å². The Labute approximate surface area is 108 Å². The molecule has 4 heteroatoms. The van der Waals surface area contributed by atoms with Crippen molar-refractivity contribution in [3.05, 3.63) is 29.8 Å². The zero-order valence-corrected chi connectivity index (χ0v) is 10.5. The van der Waals surface area contributed by atoms with Crippen molar-refractivity contribution in [1.82, 2.24) is 0 Å². The molecule has 18 heavy (non-hydrogen) atoms. The minimum absolute atomic E-state index is 0.754. The maximum Gasteiger partial charge on any atom is 0.242 e. The van der Waals surface area contributed by atoms with Crippen LogP contribution in [0.3, 0.4) is 0 Å². The van der Waals surface area contributed by atoms with Gasteiger partial charge in [-0.15, -0.1) is 0 Å². The fourth-order valence-corrected chi connectivity index (χ4v) is 1.59. The highest BCUT2D eigenvalue weighted by Gasteiger charge is 2.03. The lowest BCUT2D eigenvalue weighted by Gasteiger charge is -2.03. The molecule has 0 unspecified atom stereocenters. The molecule has 92 valence electrons. The number of unbranched alkanes of at least 4 members (excludes halogenated alkanes) is 2. The van der Waals surface area contributed by atoms with Crippen LogP contribution in [-0.4, -0.2) is 6.04 Å². The van der Waals surface area contributed by atoms with Crippen molar-refractivity contribution in [3.8, 4) is 12.1 Å². The lowest BCUT2D eigenvalue weighted by molar-refractivity contribution is 0.717. The number of nitrogens with zero attached hydrogens (tertiary/aromatic N) is 4. The van der Waals surface area contributed by atoms with Crippen molar-refractivity contribution in [2.24, 2.45) is 10.2 Å². The lowest BCUT2D eigenvalue weighted by atomic mass is 10.1. The van der Waals surface area contributed by atoms with Crippen LogP contribution in [0.2, 0.25) is 0 Å². The van der Waals surface area contributed by atoms with E-state index in [1.54, 1.807) is 12.1 Å². The van der Waals surface area contributed by atoms with Gasteiger partial charge in [-0.1, -0.05) is 38.0 Å². The molecule has 1 rings (SSSR count). The Bertz CT molecular complexity index is 465. The van der Waals surface area contributed by atoms with Gasteiger partial charge in [0.2, 0.25) is 6.04 Å². The van der Waals surface area contributed by atoms with E-state index < -0.39 is 6.04 Å². The fourth-order valence-electron chi connectivity index (χ4n) is 1.59. The Hall–Kier alpha value is -2.20. The second kappa shape index (κ2) is 7.97. The second-order valence-electron chi connectivity index (χ2n) is 3.96. The summed E-state index contributed by atoms with van der Waals surface area (Å²) >= 11 is 0. The summed E-state index contributed by atoms with van der Waals surface area (Å²) in [7, 11) is 0. The third kappa shape index (κ3) is 4.35. The molecular weight excluding hydrogens is 224 g/mol. The first-order chi connectivity index (χ1) is 8.81. The van der Waals surface area contributed by atoms with Gasteiger partial charge < -0.3 is 0 Å².